The van der Waals surface area contributed by atoms with Gasteiger partial charge in [-0.2, -0.15) is 13.2 Å². The van der Waals surface area contributed by atoms with E-state index >= 15 is 0 Å². The minimum absolute atomic E-state index is 0.0338. The highest BCUT2D eigenvalue weighted by Crippen LogP contribution is 2.34. The lowest BCUT2D eigenvalue weighted by atomic mass is 9.79. The van der Waals surface area contributed by atoms with Crippen LogP contribution < -0.4 is 10.9 Å². The standard InChI is InChI=1S/C19H19F3N2O3/c20-19(21,22)16-6-5-14(18(27)24-16)17(26)23-15-10-11(7-8-25)9-12-3-1-2-4-13(12)15/h1-6,11,15,25H,7-10H2,(H,23,26)(H,24,27)/t11-,15-/m1/s1. The number of carbonyl (C=O) groups is 1. The Kier molecular flexibility index (Phi) is 5.36. The summed E-state index contributed by atoms with van der Waals surface area (Å²) in [5.74, 6) is -0.560. The summed E-state index contributed by atoms with van der Waals surface area (Å²) in [6.45, 7) is 0.0338. The van der Waals surface area contributed by atoms with Gasteiger partial charge in [0.1, 0.15) is 11.3 Å². The van der Waals surface area contributed by atoms with Crippen LogP contribution in [0, 0.1) is 5.92 Å². The van der Waals surface area contributed by atoms with Gasteiger partial charge in [-0.05, 0) is 48.4 Å². The topological polar surface area (TPSA) is 82.2 Å². The summed E-state index contributed by atoms with van der Waals surface area (Å²) in [6.07, 6.45) is -2.73. The maximum Gasteiger partial charge on any atom is 0.431 e. The molecule has 1 aliphatic rings. The molecule has 2 aromatic rings. The molecule has 0 radical (unpaired) electrons. The van der Waals surface area contributed by atoms with Gasteiger partial charge in [-0.15, -0.1) is 0 Å². The van der Waals surface area contributed by atoms with Crippen molar-refractivity contribution in [3.63, 3.8) is 0 Å². The van der Waals surface area contributed by atoms with Gasteiger partial charge in [0.05, 0.1) is 6.04 Å². The second-order valence-electron chi connectivity index (χ2n) is 6.66. The van der Waals surface area contributed by atoms with Crippen LogP contribution in [0.1, 0.15) is 46.1 Å². The fraction of sp³-hybridized carbons (Fsp3) is 0.368. The van der Waals surface area contributed by atoms with E-state index in [9.17, 15) is 27.9 Å². The van der Waals surface area contributed by atoms with Crippen LogP contribution in [0.25, 0.3) is 0 Å². The Balaban J connectivity index is 1.84. The number of aromatic nitrogens is 1. The van der Waals surface area contributed by atoms with Crippen LogP contribution in [0.3, 0.4) is 0 Å². The van der Waals surface area contributed by atoms with Gasteiger partial charge in [0, 0.05) is 6.61 Å². The molecule has 3 N–H and O–H groups in total. The van der Waals surface area contributed by atoms with E-state index in [1.165, 1.54) is 0 Å². The molecule has 1 heterocycles. The largest absolute Gasteiger partial charge is 0.431 e. The quantitative estimate of drug-likeness (QED) is 0.763. The average Bonchev–Trinajstić information content (AvgIpc) is 2.61. The molecule has 144 valence electrons. The first-order chi connectivity index (χ1) is 12.8. The van der Waals surface area contributed by atoms with Crippen molar-refractivity contribution in [1.82, 2.24) is 10.3 Å². The highest BCUT2D eigenvalue weighted by molar-refractivity contribution is 5.94. The van der Waals surface area contributed by atoms with Crippen molar-refractivity contribution in [3.8, 4) is 0 Å². The van der Waals surface area contributed by atoms with Crippen molar-refractivity contribution < 1.29 is 23.1 Å². The summed E-state index contributed by atoms with van der Waals surface area (Å²) in [5, 5.41) is 12.0. The van der Waals surface area contributed by atoms with Crippen LogP contribution in [-0.4, -0.2) is 22.6 Å². The van der Waals surface area contributed by atoms with E-state index in [1.807, 2.05) is 24.3 Å². The van der Waals surface area contributed by atoms with Gasteiger partial charge in [-0.25, -0.2) is 0 Å². The Hall–Kier alpha value is -2.61. The van der Waals surface area contributed by atoms with Crippen LogP contribution in [0.15, 0.2) is 41.2 Å². The van der Waals surface area contributed by atoms with E-state index in [1.54, 1.807) is 4.98 Å². The molecule has 0 saturated heterocycles. The molecule has 0 aliphatic heterocycles. The maximum absolute atomic E-state index is 12.7. The third-order valence-corrected chi connectivity index (χ3v) is 4.81. The monoisotopic (exact) mass is 380 g/mol. The molecule has 1 aromatic carbocycles. The molecular weight excluding hydrogens is 361 g/mol. The molecule has 27 heavy (non-hydrogen) atoms. The minimum Gasteiger partial charge on any atom is -0.396 e. The Bertz CT molecular complexity index is 892. The molecule has 1 amide bonds. The lowest BCUT2D eigenvalue weighted by Gasteiger charge is -2.32. The number of pyridine rings is 1. The van der Waals surface area contributed by atoms with E-state index in [4.69, 9.17) is 0 Å². The maximum atomic E-state index is 12.7. The van der Waals surface area contributed by atoms with Crippen molar-refractivity contribution in [2.24, 2.45) is 5.92 Å². The van der Waals surface area contributed by atoms with Crippen LogP contribution in [0.5, 0.6) is 0 Å². The number of benzene rings is 1. The Labute approximate surface area is 153 Å². The molecule has 1 aliphatic carbocycles. The molecule has 0 fully saturated rings. The molecule has 0 spiro atoms. The number of hydrogen-bond donors (Lipinski definition) is 3. The van der Waals surface area contributed by atoms with E-state index in [-0.39, 0.29) is 24.1 Å². The van der Waals surface area contributed by atoms with Gasteiger partial charge >= 0.3 is 6.18 Å². The second kappa shape index (κ2) is 7.56. The van der Waals surface area contributed by atoms with Crippen molar-refractivity contribution in [2.45, 2.75) is 31.5 Å². The van der Waals surface area contributed by atoms with Crippen LogP contribution >= 0.6 is 0 Å². The van der Waals surface area contributed by atoms with Gasteiger partial charge in [-0.1, -0.05) is 24.3 Å². The first-order valence-electron chi connectivity index (χ1n) is 8.59. The normalized spacial score (nSPS) is 19.4. The summed E-state index contributed by atoms with van der Waals surface area (Å²) < 4.78 is 38.0. The predicted molar refractivity (Wildman–Crippen MR) is 92.2 cm³/mol. The number of rotatable bonds is 4. The third kappa shape index (κ3) is 4.21. The number of aromatic amines is 1. The van der Waals surface area contributed by atoms with Crippen molar-refractivity contribution >= 4 is 5.91 Å². The number of alkyl halides is 3. The number of aliphatic hydroxyl groups excluding tert-OH is 1. The highest BCUT2D eigenvalue weighted by Gasteiger charge is 2.33. The number of carbonyl (C=O) groups excluding carboxylic acids is 1. The number of aliphatic hydroxyl groups is 1. The fourth-order valence-corrected chi connectivity index (χ4v) is 3.51. The smallest absolute Gasteiger partial charge is 0.396 e. The fourth-order valence-electron chi connectivity index (χ4n) is 3.51. The Morgan fingerprint density at radius 3 is 2.63 bits per heavy atom. The number of amides is 1. The number of H-pyrrole nitrogens is 1. The number of fused-ring (bicyclic) bond motifs is 1. The van der Waals surface area contributed by atoms with Crippen molar-refractivity contribution in [3.05, 3.63) is 69.1 Å². The summed E-state index contributed by atoms with van der Waals surface area (Å²) in [5.41, 5.74) is -0.685. The molecule has 8 heteroatoms. The Morgan fingerprint density at radius 1 is 1.22 bits per heavy atom. The number of hydrogen-bond acceptors (Lipinski definition) is 3. The van der Waals surface area contributed by atoms with E-state index < -0.39 is 23.3 Å². The van der Waals surface area contributed by atoms with Gasteiger partial charge < -0.3 is 15.4 Å². The molecule has 0 bridgehead atoms. The van der Waals surface area contributed by atoms with Crippen LogP contribution in [0.2, 0.25) is 0 Å². The SMILES string of the molecule is O=C(N[C@@H]1C[C@H](CCO)Cc2ccccc21)c1ccc(C(F)(F)F)[nH]c1=O. The van der Waals surface area contributed by atoms with Crippen molar-refractivity contribution in [2.75, 3.05) is 6.61 Å². The first-order valence-corrected chi connectivity index (χ1v) is 8.59. The first kappa shape index (κ1) is 19.2. The lowest BCUT2D eigenvalue weighted by molar-refractivity contribution is -0.141. The molecule has 2 atom stereocenters. The van der Waals surface area contributed by atoms with Gasteiger partial charge in [0.2, 0.25) is 0 Å². The number of halogens is 3. The van der Waals surface area contributed by atoms with Crippen LogP contribution in [0.4, 0.5) is 13.2 Å². The highest BCUT2D eigenvalue weighted by atomic mass is 19.4. The van der Waals surface area contributed by atoms with Crippen LogP contribution in [-0.2, 0) is 12.6 Å². The number of nitrogens with one attached hydrogen (secondary N) is 2. The minimum atomic E-state index is -4.69. The Morgan fingerprint density at radius 2 is 1.96 bits per heavy atom. The average molecular weight is 380 g/mol. The second-order valence-corrected chi connectivity index (χ2v) is 6.66. The third-order valence-electron chi connectivity index (χ3n) is 4.81. The lowest BCUT2D eigenvalue weighted by Crippen LogP contribution is -2.36. The molecule has 0 saturated carbocycles. The van der Waals surface area contributed by atoms with E-state index in [2.05, 4.69) is 5.32 Å². The van der Waals surface area contributed by atoms with Gasteiger partial charge in [0.15, 0.2) is 0 Å². The zero-order chi connectivity index (χ0) is 19.6. The predicted octanol–water partition coefficient (Wildman–Crippen LogP) is 2.81. The van der Waals surface area contributed by atoms with Gasteiger partial charge in [0.25, 0.3) is 11.5 Å². The zero-order valence-corrected chi connectivity index (χ0v) is 14.3. The van der Waals surface area contributed by atoms with E-state index in [0.29, 0.717) is 18.9 Å². The summed E-state index contributed by atoms with van der Waals surface area (Å²) in [6, 6.07) is 8.75. The molecular formula is C19H19F3N2O3. The molecule has 0 unspecified atom stereocenters. The molecule has 5 nitrogen and oxygen atoms in total. The summed E-state index contributed by atoms with van der Waals surface area (Å²) >= 11 is 0. The molecule has 3 rings (SSSR count). The van der Waals surface area contributed by atoms with Gasteiger partial charge in [-0.3, -0.25) is 9.59 Å². The van der Waals surface area contributed by atoms with Crippen molar-refractivity contribution in [1.29, 1.82) is 0 Å². The zero-order valence-electron chi connectivity index (χ0n) is 14.3. The molecule has 1 aromatic heterocycles. The summed E-state index contributed by atoms with van der Waals surface area (Å²) in [4.78, 5) is 26.1. The summed E-state index contributed by atoms with van der Waals surface area (Å²) in [7, 11) is 0. The van der Waals surface area contributed by atoms with E-state index in [0.717, 1.165) is 23.6 Å².